The molecule has 0 radical (unpaired) electrons. The molecule has 106 valence electrons. The smallest absolute Gasteiger partial charge is 0.251 e. The fourth-order valence-electron chi connectivity index (χ4n) is 2.08. The van der Waals surface area contributed by atoms with E-state index in [1.54, 1.807) is 7.05 Å². The number of nitrogens with one attached hydrogen (secondary N) is 3. The van der Waals surface area contributed by atoms with Crippen LogP contribution in [-0.2, 0) is 13.1 Å². The maximum Gasteiger partial charge on any atom is 0.251 e. The van der Waals surface area contributed by atoms with Gasteiger partial charge in [0.15, 0.2) is 0 Å². The molecule has 0 atom stereocenters. The fourth-order valence-corrected chi connectivity index (χ4v) is 2.08. The summed E-state index contributed by atoms with van der Waals surface area (Å²) in [5.74, 6) is -0.0610. The number of aromatic nitrogens is 2. The largest absolute Gasteiger partial charge is 0.355 e. The van der Waals surface area contributed by atoms with Gasteiger partial charge in [-0.1, -0.05) is 12.1 Å². The second-order valence-corrected chi connectivity index (χ2v) is 4.79. The van der Waals surface area contributed by atoms with Gasteiger partial charge in [0.25, 0.3) is 5.91 Å². The van der Waals surface area contributed by atoms with Crippen molar-refractivity contribution < 1.29 is 4.79 Å². The summed E-state index contributed by atoms with van der Waals surface area (Å²) in [6.45, 7) is 5.57. The third-order valence-electron chi connectivity index (χ3n) is 3.35. The zero-order valence-corrected chi connectivity index (χ0v) is 12.1. The highest BCUT2D eigenvalue weighted by molar-refractivity contribution is 5.93. The molecular weight excluding hydrogens is 252 g/mol. The van der Waals surface area contributed by atoms with Gasteiger partial charge >= 0.3 is 0 Å². The van der Waals surface area contributed by atoms with E-state index in [2.05, 4.69) is 20.8 Å². The first-order valence-electron chi connectivity index (χ1n) is 6.64. The number of nitrogens with zero attached hydrogens (tertiary/aromatic N) is 1. The first kappa shape index (κ1) is 14.3. The topological polar surface area (TPSA) is 69.8 Å². The van der Waals surface area contributed by atoms with Gasteiger partial charge in [0.05, 0.1) is 5.69 Å². The first-order chi connectivity index (χ1) is 9.61. The average Bonchev–Trinajstić information content (AvgIpc) is 2.79. The van der Waals surface area contributed by atoms with Crippen LogP contribution < -0.4 is 10.6 Å². The third kappa shape index (κ3) is 3.24. The van der Waals surface area contributed by atoms with Crippen molar-refractivity contribution >= 4 is 5.91 Å². The fraction of sp³-hybridized carbons (Fsp3) is 0.333. The Hall–Kier alpha value is -2.14. The number of benzene rings is 1. The van der Waals surface area contributed by atoms with Crippen LogP contribution in [0.1, 0.15) is 32.9 Å². The van der Waals surface area contributed by atoms with E-state index >= 15 is 0 Å². The molecule has 20 heavy (non-hydrogen) atoms. The molecule has 5 heteroatoms. The van der Waals surface area contributed by atoms with Crippen LogP contribution >= 0.6 is 0 Å². The Bertz CT molecular complexity index is 567. The van der Waals surface area contributed by atoms with Crippen LogP contribution in [0.25, 0.3) is 0 Å². The molecule has 0 fully saturated rings. The van der Waals surface area contributed by atoms with E-state index in [0.717, 1.165) is 30.0 Å². The summed E-state index contributed by atoms with van der Waals surface area (Å²) in [7, 11) is 1.63. The highest BCUT2D eigenvalue weighted by Gasteiger charge is 2.06. The van der Waals surface area contributed by atoms with Crippen LogP contribution in [0.3, 0.4) is 0 Å². The third-order valence-corrected chi connectivity index (χ3v) is 3.35. The molecule has 0 aliphatic rings. The number of carbonyl (C=O) groups excluding carboxylic acids is 1. The van der Waals surface area contributed by atoms with Crippen molar-refractivity contribution in [1.29, 1.82) is 0 Å². The zero-order chi connectivity index (χ0) is 14.5. The normalized spacial score (nSPS) is 10.6. The van der Waals surface area contributed by atoms with Gasteiger partial charge < -0.3 is 10.6 Å². The summed E-state index contributed by atoms with van der Waals surface area (Å²) in [6.07, 6.45) is 0. The summed E-state index contributed by atoms with van der Waals surface area (Å²) < 4.78 is 0. The summed E-state index contributed by atoms with van der Waals surface area (Å²) in [5.41, 5.74) is 5.18. The van der Waals surface area contributed by atoms with Crippen LogP contribution in [0.4, 0.5) is 0 Å². The van der Waals surface area contributed by atoms with Crippen LogP contribution in [0.2, 0.25) is 0 Å². The molecule has 0 bridgehead atoms. The molecular formula is C15H20N4O. The minimum Gasteiger partial charge on any atom is -0.355 e. The minimum atomic E-state index is -0.0610. The molecule has 2 aromatic rings. The molecule has 1 heterocycles. The lowest BCUT2D eigenvalue weighted by Crippen LogP contribution is -2.18. The number of rotatable bonds is 5. The van der Waals surface area contributed by atoms with E-state index in [0.29, 0.717) is 5.56 Å². The van der Waals surface area contributed by atoms with Gasteiger partial charge in [-0.15, -0.1) is 0 Å². The second kappa shape index (κ2) is 6.34. The number of hydrogen-bond acceptors (Lipinski definition) is 3. The predicted octanol–water partition coefficient (Wildman–Crippen LogP) is 1.68. The monoisotopic (exact) mass is 272 g/mol. The van der Waals surface area contributed by atoms with E-state index in [1.807, 2.05) is 38.1 Å². The van der Waals surface area contributed by atoms with E-state index in [-0.39, 0.29) is 5.91 Å². The maximum absolute atomic E-state index is 11.4. The van der Waals surface area contributed by atoms with Gasteiger partial charge in [0.2, 0.25) is 0 Å². The van der Waals surface area contributed by atoms with Gasteiger partial charge in [0.1, 0.15) is 0 Å². The van der Waals surface area contributed by atoms with Crippen molar-refractivity contribution in [3.63, 3.8) is 0 Å². The number of hydrogen-bond donors (Lipinski definition) is 3. The van der Waals surface area contributed by atoms with Gasteiger partial charge in [-0.2, -0.15) is 5.10 Å². The van der Waals surface area contributed by atoms with Gasteiger partial charge in [-0.3, -0.25) is 9.89 Å². The molecule has 5 nitrogen and oxygen atoms in total. The number of H-pyrrole nitrogens is 1. The molecule has 1 aromatic carbocycles. The van der Waals surface area contributed by atoms with E-state index < -0.39 is 0 Å². The molecule has 1 amide bonds. The quantitative estimate of drug-likeness (QED) is 0.775. The zero-order valence-electron chi connectivity index (χ0n) is 12.1. The molecule has 3 N–H and O–H groups in total. The summed E-state index contributed by atoms with van der Waals surface area (Å²) in [4.78, 5) is 11.4. The molecule has 0 aliphatic carbocycles. The van der Waals surface area contributed by atoms with Crippen LogP contribution in [0, 0.1) is 13.8 Å². The summed E-state index contributed by atoms with van der Waals surface area (Å²) in [6, 6.07) is 7.60. The lowest BCUT2D eigenvalue weighted by Gasteiger charge is -2.06. The highest BCUT2D eigenvalue weighted by atomic mass is 16.1. The Morgan fingerprint density at radius 1 is 1.20 bits per heavy atom. The Morgan fingerprint density at radius 2 is 1.90 bits per heavy atom. The first-order valence-corrected chi connectivity index (χ1v) is 6.64. The van der Waals surface area contributed by atoms with Crippen LogP contribution in [-0.4, -0.2) is 23.2 Å². The lowest BCUT2D eigenvalue weighted by molar-refractivity contribution is 0.0963. The van der Waals surface area contributed by atoms with Crippen molar-refractivity contribution in [2.24, 2.45) is 0 Å². The SMILES string of the molecule is CNC(=O)c1ccc(CNCc2c(C)n[nH]c2C)cc1. The molecule has 2 rings (SSSR count). The van der Waals surface area contributed by atoms with Gasteiger partial charge in [-0.25, -0.2) is 0 Å². The second-order valence-electron chi connectivity index (χ2n) is 4.79. The van der Waals surface area contributed by atoms with E-state index in [4.69, 9.17) is 0 Å². The van der Waals surface area contributed by atoms with E-state index in [9.17, 15) is 4.79 Å². The van der Waals surface area contributed by atoms with Crippen LogP contribution in [0.15, 0.2) is 24.3 Å². The van der Waals surface area contributed by atoms with Gasteiger partial charge in [0, 0.05) is 37.0 Å². The Labute approximate surface area is 118 Å². The van der Waals surface area contributed by atoms with Crippen molar-refractivity contribution in [2.75, 3.05) is 7.05 Å². The van der Waals surface area contributed by atoms with Crippen molar-refractivity contribution in [3.8, 4) is 0 Å². The molecule has 1 aromatic heterocycles. The molecule has 0 saturated heterocycles. The Kier molecular flexibility index (Phi) is 4.53. The summed E-state index contributed by atoms with van der Waals surface area (Å²) >= 11 is 0. The van der Waals surface area contributed by atoms with Crippen molar-refractivity contribution in [1.82, 2.24) is 20.8 Å². The minimum absolute atomic E-state index is 0.0610. The Morgan fingerprint density at radius 3 is 2.45 bits per heavy atom. The summed E-state index contributed by atoms with van der Waals surface area (Å²) in [5, 5.41) is 13.1. The Balaban J connectivity index is 1.90. The average molecular weight is 272 g/mol. The van der Waals surface area contributed by atoms with E-state index in [1.165, 1.54) is 5.56 Å². The van der Waals surface area contributed by atoms with Crippen molar-refractivity contribution in [3.05, 3.63) is 52.3 Å². The standard InChI is InChI=1S/C15H20N4O/c1-10-14(11(2)19-18-10)9-17-8-12-4-6-13(7-5-12)15(20)16-3/h4-7,17H,8-9H2,1-3H3,(H,16,20)(H,18,19). The molecule has 0 saturated carbocycles. The molecule has 0 unspecified atom stereocenters. The number of amides is 1. The lowest BCUT2D eigenvalue weighted by atomic mass is 10.1. The molecule has 0 aliphatic heterocycles. The van der Waals surface area contributed by atoms with Crippen LogP contribution in [0.5, 0.6) is 0 Å². The number of aryl methyl sites for hydroxylation is 2. The maximum atomic E-state index is 11.4. The van der Waals surface area contributed by atoms with Gasteiger partial charge in [-0.05, 0) is 31.5 Å². The number of aromatic amines is 1. The molecule has 0 spiro atoms. The van der Waals surface area contributed by atoms with Crippen molar-refractivity contribution in [2.45, 2.75) is 26.9 Å². The number of carbonyl (C=O) groups is 1. The highest BCUT2D eigenvalue weighted by Crippen LogP contribution is 2.09. The predicted molar refractivity (Wildman–Crippen MR) is 78.4 cm³/mol.